The molecule has 0 saturated carbocycles. The summed E-state index contributed by atoms with van der Waals surface area (Å²) in [5.41, 5.74) is 1.52. The fraction of sp³-hybridized carbons (Fsp3) is 0.417. The van der Waals surface area contributed by atoms with Crippen LogP contribution in [0.3, 0.4) is 0 Å². The monoisotopic (exact) mass is 218 g/mol. The number of methoxy groups -OCH3 is 1. The van der Waals surface area contributed by atoms with Crippen LogP contribution in [0.5, 0.6) is 0 Å². The Labute approximate surface area is 94.9 Å². The second-order valence-corrected chi connectivity index (χ2v) is 3.43. The molecular formula is C12H14N2O2. The summed E-state index contributed by atoms with van der Waals surface area (Å²) >= 11 is 0. The van der Waals surface area contributed by atoms with Gasteiger partial charge in [-0.05, 0) is 18.9 Å². The Balaban J connectivity index is 2.98. The van der Waals surface area contributed by atoms with Crippen LogP contribution in [-0.4, -0.2) is 18.1 Å². The van der Waals surface area contributed by atoms with E-state index in [0.717, 1.165) is 25.0 Å². The van der Waals surface area contributed by atoms with Crippen molar-refractivity contribution in [3.63, 3.8) is 0 Å². The number of ether oxygens (including phenoxy) is 1. The van der Waals surface area contributed by atoms with Gasteiger partial charge in [0.2, 0.25) is 0 Å². The molecule has 1 heterocycles. The molecule has 0 atom stereocenters. The van der Waals surface area contributed by atoms with Gasteiger partial charge in [0.1, 0.15) is 6.07 Å². The van der Waals surface area contributed by atoms with Crippen LogP contribution in [0.15, 0.2) is 12.3 Å². The molecule has 0 aliphatic carbocycles. The van der Waals surface area contributed by atoms with E-state index in [1.54, 1.807) is 0 Å². The first-order chi connectivity index (χ1) is 7.72. The summed E-state index contributed by atoms with van der Waals surface area (Å²) in [6.45, 7) is 2.08. The molecule has 0 unspecified atom stereocenters. The van der Waals surface area contributed by atoms with Gasteiger partial charge in [-0.2, -0.15) is 5.26 Å². The third-order valence-corrected chi connectivity index (χ3v) is 2.28. The fourth-order valence-electron chi connectivity index (χ4n) is 1.36. The number of carbonyl (C=O) groups excluding carboxylic acids is 1. The summed E-state index contributed by atoms with van der Waals surface area (Å²) in [6.07, 6.45) is 4.25. The summed E-state index contributed by atoms with van der Waals surface area (Å²) in [6, 6.07) is 3.59. The van der Waals surface area contributed by atoms with E-state index in [4.69, 9.17) is 5.26 Å². The van der Waals surface area contributed by atoms with Gasteiger partial charge in [0.05, 0.1) is 23.9 Å². The van der Waals surface area contributed by atoms with Gasteiger partial charge < -0.3 is 4.74 Å². The Morgan fingerprint density at radius 1 is 1.62 bits per heavy atom. The highest BCUT2D eigenvalue weighted by atomic mass is 16.5. The number of hydrogen-bond acceptors (Lipinski definition) is 4. The van der Waals surface area contributed by atoms with Crippen LogP contribution in [0.25, 0.3) is 0 Å². The number of unbranched alkanes of at least 4 members (excludes halogenated alkanes) is 1. The van der Waals surface area contributed by atoms with Crippen LogP contribution < -0.4 is 0 Å². The summed E-state index contributed by atoms with van der Waals surface area (Å²) in [7, 11) is 1.30. The lowest BCUT2D eigenvalue weighted by atomic mass is 10.1. The number of pyridine rings is 1. The lowest BCUT2D eigenvalue weighted by Gasteiger charge is -2.04. The number of rotatable bonds is 4. The zero-order valence-corrected chi connectivity index (χ0v) is 9.49. The Morgan fingerprint density at radius 3 is 2.94 bits per heavy atom. The van der Waals surface area contributed by atoms with Crippen molar-refractivity contribution in [2.75, 3.05) is 7.11 Å². The van der Waals surface area contributed by atoms with Gasteiger partial charge in [0, 0.05) is 6.20 Å². The van der Waals surface area contributed by atoms with Gasteiger partial charge in [-0.25, -0.2) is 4.79 Å². The summed E-state index contributed by atoms with van der Waals surface area (Å²) < 4.78 is 4.57. The number of carbonyl (C=O) groups is 1. The third kappa shape index (κ3) is 2.80. The van der Waals surface area contributed by atoms with Crippen molar-refractivity contribution < 1.29 is 9.53 Å². The number of nitriles is 1. The molecule has 84 valence electrons. The SMILES string of the molecule is CCCCc1ncc(C(=O)OC)cc1C#N. The largest absolute Gasteiger partial charge is 0.465 e. The molecule has 0 saturated heterocycles. The average Bonchev–Trinajstić information content (AvgIpc) is 2.35. The summed E-state index contributed by atoms with van der Waals surface area (Å²) in [4.78, 5) is 15.4. The maximum Gasteiger partial charge on any atom is 0.339 e. The van der Waals surface area contributed by atoms with Crippen molar-refractivity contribution in [1.29, 1.82) is 5.26 Å². The van der Waals surface area contributed by atoms with Crippen molar-refractivity contribution in [2.45, 2.75) is 26.2 Å². The number of nitrogens with zero attached hydrogens (tertiary/aromatic N) is 2. The number of esters is 1. The zero-order chi connectivity index (χ0) is 12.0. The minimum atomic E-state index is -0.467. The van der Waals surface area contributed by atoms with E-state index in [0.29, 0.717) is 11.1 Å². The molecule has 0 aliphatic heterocycles. The lowest BCUT2D eigenvalue weighted by molar-refractivity contribution is 0.0600. The number of aryl methyl sites for hydroxylation is 1. The molecule has 0 fully saturated rings. The first-order valence-corrected chi connectivity index (χ1v) is 5.20. The molecule has 0 aromatic carbocycles. The Bertz CT molecular complexity index is 422. The average molecular weight is 218 g/mol. The molecule has 1 aromatic rings. The molecule has 4 nitrogen and oxygen atoms in total. The van der Waals surface area contributed by atoms with E-state index in [1.165, 1.54) is 19.4 Å². The molecule has 0 amide bonds. The smallest absolute Gasteiger partial charge is 0.339 e. The quantitative estimate of drug-likeness (QED) is 0.726. The van der Waals surface area contributed by atoms with Crippen LogP contribution in [0.4, 0.5) is 0 Å². The van der Waals surface area contributed by atoms with Gasteiger partial charge in [-0.15, -0.1) is 0 Å². The highest BCUT2D eigenvalue weighted by Gasteiger charge is 2.10. The molecule has 0 aliphatic rings. The van der Waals surface area contributed by atoms with Crippen molar-refractivity contribution in [2.24, 2.45) is 0 Å². The molecule has 0 N–H and O–H groups in total. The topological polar surface area (TPSA) is 63.0 Å². The van der Waals surface area contributed by atoms with Gasteiger partial charge >= 0.3 is 5.97 Å². The van der Waals surface area contributed by atoms with E-state index < -0.39 is 5.97 Å². The van der Waals surface area contributed by atoms with E-state index >= 15 is 0 Å². The van der Waals surface area contributed by atoms with E-state index in [1.807, 2.05) is 0 Å². The van der Waals surface area contributed by atoms with Gasteiger partial charge in [0.15, 0.2) is 0 Å². The van der Waals surface area contributed by atoms with Gasteiger partial charge in [0.25, 0.3) is 0 Å². The van der Waals surface area contributed by atoms with E-state index in [9.17, 15) is 4.79 Å². The van der Waals surface area contributed by atoms with Crippen LogP contribution in [0.1, 0.15) is 41.4 Å². The van der Waals surface area contributed by atoms with Crippen molar-refractivity contribution in [1.82, 2.24) is 4.98 Å². The molecule has 0 bridgehead atoms. The van der Waals surface area contributed by atoms with Crippen molar-refractivity contribution in [3.05, 3.63) is 29.1 Å². The van der Waals surface area contributed by atoms with Crippen LogP contribution in [-0.2, 0) is 11.2 Å². The molecule has 16 heavy (non-hydrogen) atoms. The first kappa shape index (κ1) is 12.2. The number of aromatic nitrogens is 1. The maximum atomic E-state index is 11.2. The highest BCUT2D eigenvalue weighted by Crippen LogP contribution is 2.11. The summed E-state index contributed by atoms with van der Waals surface area (Å²) in [5, 5.41) is 8.95. The lowest BCUT2D eigenvalue weighted by Crippen LogP contribution is -2.05. The molecular weight excluding hydrogens is 204 g/mol. The second-order valence-electron chi connectivity index (χ2n) is 3.43. The molecule has 0 spiro atoms. The van der Waals surface area contributed by atoms with Crippen molar-refractivity contribution >= 4 is 5.97 Å². The fourth-order valence-corrected chi connectivity index (χ4v) is 1.36. The predicted molar refractivity (Wildman–Crippen MR) is 58.9 cm³/mol. The van der Waals surface area contributed by atoms with Crippen LogP contribution in [0, 0.1) is 11.3 Å². The van der Waals surface area contributed by atoms with Gasteiger partial charge in [-0.3, -0.25) is 4.98 Å². The van der Waals surface area contributed by atoms with Crippen LogP contribution >= 0.6 is 0 Å². The van der Waals surface area contributed by atoms with Crippen molar-refractivity contribution in [3.8, 4) is 6.07 Å². The highest BCUT2D eigenvalue weighted by molar-refractivity contribution is 5.89. The van der Waals surface area contributed by atoms with E-state index in [-0.39, 0.29) is 0 Å². The van der Waals surface area contributed by atoms with E-state index in [2.05, 4.69) is 22.7 Å². The Kier molecular flexibility index (Phi) is 4.46. The molecule has 4 heteroatoms. The predicted octanol–water partition coefficient (Wildman–Crippen LogP) is 2.08. The summed E-state index contributed by atoms with van der Waals surface area (Å²) in [5.74, 6) is -0.467. The van der Waals surface area contributed by atoms with Crippen LogP contribution in [0.2, 0.25) is 0 Å². The maximum absolute atomic E-state index is 11.2. The second kappa shape index (κ2) is 5.86. The minimum Gasteiger partial charge on any atom is -0.465 e. The Hall–Kier alpha value is -1.89. The normalized spacial score (nSPS) is 9.56. The Morgan fingerprint density at radius 2 is 2.38 bits per heavy atom. The third-order valence-electron chi connectivity index (χ3n) is 2.28. The molecule has 0 radical (unpaired) electrons. The standard InChI is InChI=1S/C12H14N2O2/c1-3-4-5-11-9(7-13)6-10(8-14-11)12(15)16-2/h6,8H,3-5H2,1-2H3. The number of hydrogen-bond donors (Lipinski definition) is 0. The zero-order valence-electron chi connectivity index (χ0n) is 9.49. The molecule has 1 aromatic heterocycles. The van der Waals surface area contributed by atoms with Gasteiger partial charge in [-0.1, -0.05) is 13.3 Å². The minimum absolute atomic E-state index is 0.319. The molecule has 1 rings (SSSR count). The first-order valence-electron chi connectivity index (χ1n) is 5.20.